The van der Waals surface area contributed by atoms with Crippen molar-refractivity contribution in [3.63, 3.8) is 0 Å². The topological polar surface area (TPSA) is 55.6 Å². The predicted molar refractivity (Wildman–Crippen MR) is 66.8 cm³/mol. The molecule has 0 fully saturated rings. The Balaban J connectivity index is 2.22. The summed E-state index contributed by atoms with van der Waals surface area (Å²) < 4.78 is 1.88. The quantitative estimate of drug-likeness (QED) is 0.877. The second-order valence-electron chi connectivity index (χ2n) is 4.17. The summed E-state index contributed by atoms with van der Waals surface area (Å²) in [6.07, 6.45) is 5.16. The van der Waals surface area contributed by atoms with Gasteiger partial charge in [-0.1, -0.05) is 0 Å². The van der Waals surface area contributed by atoms with E-state index in [1.807, 2.05) is 25.6 Å². The molecule has 0 bridgehead atoms. The van der Waals surface area contributed by atoms with Crippen LogP contribution in [0.1, 0.15) is 30.0 Å². The van der Waals surface area contributed by atoms with Gasteiger partial charge in [0.1, 0.15) is 0 Å². The maximum absolute atomic E-state index is 4.38. The van der Waals surface area contributed by atoms with Crippen molar-refractivity contribution in [2.75, 3.05) is 5.32 Å². The van der Waals surface area contributed by atoms with Crippen molar-refractivity contribution in [1.29, 1.82) is 0 Å². The fourth-order valence-corrected chi connectivity index (χ4v) is 1.81. The summed E-state index contributed by atoms with van der Waals surface area (Å²) in [6, 6.07) is 0.116. The highest BCUT2D eigenvalue weighted by molar-refractivity contribution is 5.53. The molecule has 2 aromatic rings. The number of hydrogen-bond donors (Lipinski definition) is 1. The van der Waals surface area contributed by atoms with E-state index in [1.54, 1.807) is 18.6 Å². The maximum atomic E-state index is 4.38. The monoisotopic (exact) mass is 231 g/mol. The van der Waals surface area contributed by atoms with Crippen LogP contribution >= 0.6 is 0 Å². The summed E-state index contributed by atoms with van der Waals surface area (Å²) in [5.41, 5.74) is 4.12. The summed E-state index contributed by atoms with van der Waals surface area (Å²) in [6.45, 7) is 6.11. The minimum atomic E-state index is 0.116. The predicted octanol–water partition coefficient (Wildman–Crippen LogP) is 2.00. The van der Waals surface area contributed by atoms with Gasteiger partial charge in [0, 0.05) is 19.4 Å². The molecule has 0 saturated carbocycles. The lowest BCUT2D eigenvalue weighted by atomic mass is 10.2. The van der Waals surface area contributed by atoms with E-state index in [0.29, 0.717) is 0 Å². The summed E-state index contributed by atoms with van der Waals surface area (Å²) in [4.78, 5) is 8.36. The Morgan fingerprint density at radius 3 is 2.59 bits per heavy atom. The molecule has 0 aromatic carbocycles. The molecule has 90 valence electrons. The molecule has 17 heavy (non-hydrogen) atoms. The zero-order valence-corrected chi connectivity index (χ0v) is 10.6. The largest absolute Gasteiger partial charge is 0.374 e. The lowest BCUT2D eigenvalue weighted by molar-refractivity contribution is 0.731. The van der Waals surface area contributed by atoms with E-state index < -0.39 is 0 Å². The lowest BCUT2D eigenvalue weighted by Gasteiger charge is -2.14. The number of rotatable bonds is 3. The summed E-state index contributed by atoms with van der Waals surface area (Å²) in [7, 11) is 1.94. The Bertz CT molecular complexity index is 503. The molecule has 1 N–H and O–H groups in total. The van der Waals surface area contributed by atoms with Gasteiger partial charge in [-0.2, -0.15) is 5.10 Å². The van der Waals surface area contributed by atoms with Crippen molar-refractivity contribution in [1.82, 2.24) is 19.7 Å². The third-order valence-electron chi connectivity index (χ3n) is 2.90. The van der Waals surface area contributed by atoms with E-state index in [-0.39, 0.29) is 6.04 Å². The van der Waals surface area contributed by atoms with Gasteiger partial charge in [0.2, 0.25) is 0 Å². The Morgan fingerprint density at radius 1 is 1.29 bits per heavy atom. The first-order valence-corrected chi connectivity index (χ1v) is 5.62. The van der Waals surface area contributed by atoms with Crippen LogP contribution in [-0.2, 0) is 7.05 Å². The van der Waals surface area contributed by atoms with Crippen molar-refractivity contribution >= 4 is 5.69 Å². The third-order valence-corrected chi connectivity index (χ3v) is 2.90. The molecule has 5 nitrogen and oxygen atoms in total. The van der Waals surface area contributed by atoms with Crippen molar-refractivity contribution in [2.45, 2.75) is 26.8 Å². The molecule has 0 spiro atoms. The molecule has 0 aliphatic carbocycles. The van der Waals surface area contributed by atoms with Gasteiger partial charge < -0.3 is 5.32 Å². The molecule has 1 atom stereocenters. The smallest absolute Gasteiger partial charge is 0.0828 e. The van der Waals surface area contributed by atoms with Crippen molar-refractivity contribution in [3.8, 4) is 0 Å². The molecule has 0 amide bonds. The zero-order chi connectivity index (χ0) is 12.4. The summed E-state index contributed by atoms with van der Waals surface area (Å²) >= 11 is 0. The van der Waals surface area contributed by atoms with E-state index in [1.165, 1.54) is 0 Å². The maximum Gasteiger partial charge on any atom is 0.0828 e. The molecule has 1 unspecified atom stereocenters. The van der Waals surface area contributed by atoms with Gasteiger partial charge >= 0.3 is 0 Å². The Hall–Kier alpha value is -1.91. The zero-order valence-electron chi connectivity index (χ0n) is 10.6. The number of anilines is 1. The van der Waals surface area contributed by atoms with Crippen LogP contribution in [0.3, 0.4) is 0 Å². The molecular formula is C12H17N5. The van der Waals surface area contributed by atoms with Gasteiger partial charge in [-0.25, -0.2) is 0 Å². The van der Waals surface area contributed by atoms with Gasteiger partial charge in [0.25, 0.3) is 0 Å². The van der Waals surface area contributed by atoms with Crippen molar-refractivity contribution < 1.29 is 0 Å². The van der Waals surface area contributed by atoms with E-state index in [9.17, 15) is 0 Å². The highest BCUT2D eigenvalue weighted by Gasteiger charge is 2.13. The third kappa shape index (κ3) is 2.27. The van der Waals surface area contributed by atoms with Gasteiger partial charge in [-0.15, -0.1) is 0 Å². The molecule has 0 aliphatic rings. The normalized spacial score (nSPS) is 12.5. The number of nitrogens with zero attached hydrogens (tertiary/aromatic N) is 4. The first-order chi connectivity index (χ1) is 8.09. The molecular weight excluding hydrogens is 214 g/mol. The Morgan fingerprint density at radius 2 is 2.06 bits per heavy atom. The average Bonchev–Trinajstić information content (AvgIpc) is 2.57. The Kier molecular flexibility index (Phi) is 3.08. The van der Waals surface area contributed by atoms with E-state index in [0.717, 1.165) is 22.8 Å². The van der Waals surface area contributed by atoms with Gasteiger partial charge in [0.05, 0.1) is 35.0 Å². The summed E-state index contributed by atoms with van der Waals surface area (Å²) in [5.74, 6) is 0. The number of aromatic nitrogens is 4. The van der Waals surface area contributed by atoms with Crippen LogP contribution in [0.4, 0.5) is 5.69 Å². The van der Waals surface area contributed by atoms with Gasteiger partial charge in [-0.05, 0) is 20.8 Å². The lowest BCUT2D eigenvalue weighted by Crippen LogP contribution is -2.10. The summed E-state index contributed by atoms with van der Waals surface area (Å²) in [5, 5.41) is 7.81. The fourth-order valence-electron chi connectivity index (χ4n) is 1.81. The highest BCUT2D eigenvalue weighted by Crippen LogP contribution is 2.23. The average molecular weight is 231 g/mol. The van der Waals surface area contributed by atoms with E-state index in [4.69, 9.17) is 0 Å². The number of nitrogens with one attached hydrogen (secondary N) is 1. The molecule has 2 heterocycles. The van der Waals surface area contributed by atoms with E-state index >= 15 is 0 Å². The molecule has 2 rings (SSSR count). The second-order valence-corrected chi connectivity index (χ2v) is 4.17. The van der Waals surface area contributed by atoms with Crippen LogP contribution in [0.25, 0.3) is 0 Å². The van der Waals surface area contributed by atoms with Crippen LogP contribution < -0.4 is 5.32 Å². The SMILES string of the molecule is Cc1nn(C)c(C)c1NC(C)c1cnccn1. The minimum Gasteiger partial charge on any atom is -0.374 e. The van der Waals surface area contributed by atoms with Crippen molar-refractivity contribution in [2.24, 2.45) is 7.05 Å². The molecule has 0 radical (unpaired) electrons. The fraction of sp³-hybridized carbons (Fsp3) is 0.417. The molecule has 0 saturated heterocycles. The number of aryl methyl sites for hydroxylation is 2. The molecule has 2 aromatic heterocycles. The Labute approximate surface area is 101 Å². The molecule has 5 heteroatoms. The first kappa shape index (κ1) is 11.6. The van der Waals surface area contributed by atoms with Crippen LogP contribution in [0.15, 0.2) is 18.6 Å². The van der Waals surface area contributed by atoms with Crippen LogP contribution in [0.5, 0.6) is 0 Å². The standard InChI is InChI=1S/C12H17N5/c1-8(11-7-13-5-6-14-11)15-12-9(2)16-17(4)10(12)3/h5-8,15H,1-4H3. The van der Waals surface area contributed by atoms with Crippen LogP contribution in [0, 0.1) is 13.8 Å². The number of hydrogen-bond acceptors (Lipinski definition) is 4. The molecule has 0 aliphatic heterocycles. The van der Waals surface area contributed by atoms with Gasteiger partial charge in [-0.3, -0.25) is 14.6 Å². The highest BCUT2D eigenvalue weighted by atomic mass is 15.3. The van der Waals surface area contributed by atoms with Gasteiger partial charge in [0.15, 0.2) is 0 Å². The minimum absolute atomic E-state index is 0.116. The van der Waals surface area contributed by atoms with E-state index in [2.05, 4.69) is 27.3 Å². The van der Waals surface area contributed by atoms with Crippen molar-refractivity contribution in [3.05, 3.63) is 35.7 Å². The second kappa shape index (κ2) is 4.53. The first-order valence-electron chi connectivity index (χ1n) is 5.62. The van der Waals surface area contributed by atoms with Crippen LogP contribution in [-0.4, -0.2) is 19.7 Å². The van der Waals surface area contributed by atoms with Crippen LogP contribution in [0.2, 0.25) is 0 Å².